The van der Waals surface area contributed by atoms with Crippen LogP contribution >= 0.6 is 0 Å². The summed E-state index contributed by atoms with van der Waals surface area (Å²) in [6.07, 6.45) is 3.12. The molecule has 0 spiro atoms. The molecule has 0 aromatic heterocycles. The van der Waals surface area contributed by atoms with Gasteiger partial charge in [0, 0.05) is 0 Å². The van der Waals surface area contributed by atoms with Crippen LogP contribution in [0.2, 0.25) is 0 Å². The fraction of sp³-hybridized carbons (Fsp3) is 0.429. The van der Waals surface area contributed by atoms with Crippen molar-refractivity contribution in [3.05, 3.63) is 17.4 Å². The first kappa shape index (κ1) is 6.99. The van der Waals surface area contributed by atoms with E-state index in [1.807, 2.05) is 11.5 Å². The number of hydroxylamine groups is 1. The second-order valence-corrected chi connectivity index (χ2v) is 2.54. The quantitative estimate of drug-likeness (QED) is 0.305. The fourth-order valence-electron chi connectivity index (χ4n) is 0.893. The van der Waals surface area contributed by atoms with Crippen LogP contribution in [0.5, 0.6) is 0 Å². The summed E-state index contributed by atoms with van der Waals surface area (Å²) in [6.45, 7) is 7.17. The van der Waals surface area contributed by atoms with Crippen molar-refractivity contribution in [2.45, 2.75) is 6.92 Å². The van der Waals surface area contributed by atoms with Crippen molar-refractivity contribution in [3.8, 4) is 0 Å². The van der Waals surface area contributed by atoms with Crippen LogP contribution in [-0.4, -0.2) is 35.0 Å². The zero-order chi connectivity index (χ0) is 7.56. The zero-order valence-corrected chi connectivity index (χ0v) is 6.08. The monoisotopic (exact) mass is 139 g/mol. The molecule has 0 N–H and O–H groups in total. The molecule has 0 saturated carbocycles. The molecule has 3 nitrogen and oxygen atoms in total. The van der Waals surface area contributed by atoms with Gasteiger partial charge in [0.15, 0.2) is 6.54 Å². The molecular formula is C7H11N2O+. The summed E-state index contributed by atoms with van der Waals surface area (Å²) in [5, 5.41) is 10.6. The van der Waals surface area contributed by atoms with Crippen molar-refractivity contribution >= 4 is 12.6 Å². The molecule has 1 aliphatic rings. The highest BCUT2D eigenvalue weighted by Gasteiger charge is 2.13. The highest BCUT2D eigenvalue weighted by atomic mass is 16.5. The van der Waals surface area contributed by atoms with Gasteiger partial charge in [-0.2, -0.15) is 4.58 Å². The highest BCUT2D eigenvalue weighted by molar-refractivity contribution is 5.62. The lowest BCUT2D eigenvalue weighted by molar-refractivity contribution is -0.518. The molecule has 3 heteroatoms. The first-order valence-electron chi connectivity index (χ1n) is 3.20. The van der Waals surface area contributed by atoms with Gasteiger partial charge in [0.25, 0.3) is 0 Å². The molecule has 54 valence electrons. The van der Waals surface area contributed by atoms with E-state index < -0.39 is 0 Å². The van der Waals surface area contributed by atoms with Crippen molar-refractivity contribution in [2.75, 3.05) is 13.1 Å². The molecule has 0 saturated heterocycles. The standard InChI is InChI=1S/C7H11N2O/c1-7(2)5-8-3-4-9(10)6-8/h4,6H,1,3,5H2,2H3/q+1. The van der Waals surface area contributed by atoms with Crippen LogP contribution in [0.4, 0.5) is 0 Å². The van der Waals surface area contributed by atoms with E-state index in [4.69, 9.17) is 0 Å². The van der Waals surface area contributed by atoms with E-state index in [-0.39, 0.29) is 0 Å². The lowest BCUT2D eigenvalue weighted by atomic mass is 10.3. The van der Waals surface area contributed by atoms with Crippen molar-refractivity contribution in [1.29, 1.82) is 0 Å². The molecule has 0 fully saturated rings. The molecule has 10 heavy (non-hydrogen) atoms. The van der Waals surface area contributed by atoms with E-state index in [9.17, 15) is 5.21 Å². The van der Waals surface area contributed by atoms with E-state index >= 15 is 0 Å². The van der Waals surface area contributed by atoms with Gasteiger partial charge in [-0.15, -0.1) is 4.74 Å². The third kappa shape index (κ3) is 1.69. The molecule has 0 aromatic carbocycles. The van der Waals surface area contributed by atoms with E-state index in [1.165, 1.54) is 6.34 Å². The lowest BCUT2D eigenvalue weighted by Crippen LogP contribution is -2.13. The average Bonchev–Trinajstić information content (AvgIpc) is 2.13. The molecule has 0 atom stereocenters. The van der Waals surface area contributed by atoms with Crippen LogP contribution in [0.15, 0.2) is 12.2 Å². The Morgan fingerprint density at radius 1 is 1.80 bits per heavy atom. The van der Waals surface area contributed by atoms with Crippen molar-refractivity contribution in [2.24, 2.45) is 0 Å². The van der Waals surface area contributed by atoms with E-state index in [0.29, 0.717) is 6.54 Å². The third-order valence-corrected chi connectivity index (χ3v) is 1.25. The number of hydrogen-bond acceptors (Lipinski definition) is 1. The fourth-order valence-corrected chi connectivity index (χ4v) is 0.893. The summed E-state index contributed by atoms with van der Waals surface area (Å²) in [7, 11) is 0. The largest absolute Gasteiger partial charge is 0.615 e. The maximum atomic E-state index is 10.6. The molecule has 1 rings (SSSR count). The predicted octanol–water partition coefficient (Wildman–Crippen LogP) is 0.198. The predicted molar refractivity (Wildman–Crippen MR) is 40.6 cm³/mol. The Morgan fingerprint density at radius 3 is 2.90 bits per heavy atom. The minimum atomic E-state index is 0.705. The molecule has 0 aliphatic carbocycles. The summed E-state index contributed by atoms with van der Waals surface area (Å²) in [5.74, 6) is 0. The average molecular weight is 139 g/mol. The van der Waals surface area contributed by atoms with Crippen LogP contribution in [0.3, 0.4) is 0 Å². The molecule has 0 radical (unpaired) electrons. The Morgan fingerprint density at radius 2 is 2.50 bits per heavy atom. The summed E-state index contributed by atoms with van der Waals surface area (Å²) < 4.78 is 2.73. The van der Waals surface area contributed by atoms with E-state index in [1.54, 1.807) is 6.21 Å². The van der Waals surface area contributed by atoms with Crippen molar-refractivity contribution in [1.82, 2.24) is 0 Å². The maximum Gasteiger partial charge on any atom is 0.413 e. The summed E-state index contributed by atoms with van der Waals surface area (Å²) >= 11 is 0. The summed E-state index contributed by atoms with van der Waals surface area (Å²) in [5.41, 5.74) is 1.07. The molecule has 1 heterocycles. The molecule has 0 aromatic rings. The minimum absolute atomic E-state index is 0.705. The van der Waals surface area contributed by atoms with E-state index in [0.717, 1.165) is 16.9 Å². The molecule has 0 unspecified atom stereocenters. The number of hydrogen-bond donors (Lipinski definition) is 0. The number of rotatable bonds is 2. The van der Waals surface area contributed by atoms with Crippen LogP contribution in [0.25, 0.3) is 0 Å². The van der Waals surface area contributed by atoms with Gasteiger partial charge in [0.05, 0.1) is 0 Å². The second-order valence-electron chi connectivity index (χ2n) is 2.54. The molecule has 1 aliphatic heterocycles. The van der Waals surface area contributed by atoms with Gasteiger partial charge >= 0.3 is 6.34 Å². The Kier molecular flexibility index (Phi) is 1.85. The van der Waals surface area contributed by atoms with Gasteiger partial charge < -0.3 is 5.21 Å². The smallest absolute Gasteiger partial charge is 0.413 e. The van der Waals surface area contributed by atoms with Gasteiger partial charge in [-0.3, -0.25) is 0 Å². The first-order chi connectivity index (χ1) is 4.68. The SMILES string of the molecule is C=C(C)C[N+]1=C[N+]([O-])=CC1. The Bertz CT molecular complexity index is 216. The van der Waals surface area contributed by atoms with Gasteiger partial charge in [0.1, 0.15) is 0 Å². The third-order valence-electron chi connectivity index (χ3n) is 1.25. The van der Waals surface area contributed by atoms with Gasteiger partial charge in [-0.25, -0.2) is 0 Å². The zero-order valence-electron chi connectivity index (χ0n) is 6.08. The van der Waals surface area contributed by atoms with Gasteiger partial charge in [-0.05, 0) is 12.5 Å². The Balaban J connectivity index is 2.48. The van der Waals surface area contributed by atoms with E-state index in [2.05, 4.69) is 6.58 Å². The van der Waals surface area contributed by atoms with Crippen molar-refractivity contribution < 1.29 is 9.31 Å². The minimum Gasteiger partial charge on any atom is -0.615 e. The van der Waals surface area contributed by atoms with Crippen molar-refractivity contribution in [3.63, 3.8) is 0 Å². The Hall–Kier alpha value is -1.12. The van der Waals surface area contributed by atoms with Gasteiger partial charge in [-0.1, -0.05) is 6.58 Å². The van der Waals surface area contributed by atoms with Crippen LogP contribution in [-0.2, 0) is 0 Å². The molecule has 0 amide bonds. The summed E-state index contributed by atoms with van der Waals surface area (Å²) in [6, 6.07) is 0. The highest BCUT2D eigenvalue weighted by Crippen LogP contribution is 1.89. The van der Waals surface area contributed by atoms with Crippen LogP contribution < -0.4 is 0 Å². The lowest BCUT2D eigenvalue weighted by Gasteiger charge is -1.90. The normalized spacial score (nSPS) is 16.5. The maximum absolute atomic E-state index is 10.6. The summed E-state index contributed by atoms with van der Waals surface area (Å²) in [4.78, 5) is 0. The Labute approximate surface area is 60.2 Å². The topological polar surface area (TPSA) is 29.1 Å². The molecule has 0 bridgehead atoms. The van der Waals surface area contributed by atoms with Gasteiger partial charge in [0.2, 0.25) is 12.8 Å². The molecular weight excluding hydrogens is 128 g/mol. The first-order valence-corrected chi connectivity index (χ1v) is 3.20. The van der Waals surface area contributed by atoms with Crippen LogP contribution in [0, 0.1) is 5.21 Å². The second kappa shape index (κ2) is 2.64. The van der Waals surface area contributed by atoms with Crippen LogP contribution in [0.1, 0.15) is 6.92 Å². The number of nitrogens with zero attached hydrogens (tertiary/aromatic N) is 2.